The van der Waals surface area contributed by atoms with Gasteiger partial charge in [0.05, 0.1) is 21.7 Å². The van der Waals surface area contributed by atoms with Gasteiger partial charge in [-0.3, -0.25) is 4.79 Å². The topological polar surface area (TPSA) is 89.7 Å². The Morgan fingerprint density at radius 3 is 2.34 bits per heavy atom. The molecule has 1 saturated carbocycles. The number of fused-ring (bicyclic) bond motifs is 1. The number of sulfone groups is 1. The summed E-state index contributed by atoms with van der Waals surface area (Å²) < 4.78 is 44.6. The number of nitrogens with zero attached hydrogens (tertiary/aromatic N) is 1. The van der Waals surface area contributed by atoms with E-state index in [-0.39, 0.29) is 34.5 Å². The molecule has 6 nitrogen and oxygen atoms in total. The van der Waals surface area contributed by atoms with Crippen molar-refractivity contribution in [2.45, 2.75) is 56.1 Å². The summed E-state index contributed by atoms with van der Waals surface area (Å²) >= 11 is 7.84. The highest BCUT2D eigenvalue weighted by molar-refractivity contribution is 7.90. The van der Waals surface area contributed by atoms with E-state index in [0.717, 1.165) is 59.3 Å². The van der Waals surface area contributed by atoms with Crippen molar-refractivity contribution in [3.05, 3.63) is 81.4 Å². The van der Waals surface area contributed by atoms with E-state index in [9.17, 15) is 17.6 Å². The molecule has 4 aromatic rings. The third-order valence-electron chi connectivity index (χ3n) is 7.82. The van der Waals surface area contributed by atoms with E-state index >= 15 is 0 Å². The number of amides is 1. The van der Waals surface area contributed by atoms with Crippen molar-refractivity contribution in [3.63, 3.8) is 0 Å². The molecule has 1 aromatic heterocycles. The molecule has 0 radical (unpaired) electrons. The molecule has 0 saturated heterocycles. The first kappa shape index (κ1) is 29.5. The van der Waals surface area contributed by atoms with E-state index in [0.29, 0.717) is 20.7 Å². The SMILES string of the molecule is COc1ccc(-c2ccc(S(C)(=O)=O)cc2)cc1CN(C(=O)c1sc2c(F)ccc(C)c2c1Cl)C1CCC(N)CC1. The average molecular weight is 615 g/mol. The molecule has 0 unspecified atom stereocenters. The lowest BCUT2D eigenvalue weighted by Crippen LogP contribution is -2.43. The van der Waals surface area contributed by atoms with Crippen LogP contribution in [0.15, 0.2) is 59.5 Å². The molecule has 1 aliphatic rings. The van der Waals surface area contributed by atoms with Gasteiger partial charge < -0.3 is 15.4 Å². The van der Waals surface area contributed by atoms with Crippen molar-refractivity contribution in [2.75, 3.05) is 13.4 Å². The molecule has 1 fully saturated rings. The molecule has 41 heavy (non-hydrogen) atoms. The minimum Gasteiger partial charge on any atom is -0.496 e. The average Bonchev–Trinajstić information content (AvgIpc) is 3.31. The predicted octanol–water partition coefficient (Wildman–Crippen LogP) is 6.99. The van der Waals surface area contributed by atoms with E-state index in [4.69, 9.17) is 22.1 Å². The molecule has 2 N–H and O–H groups in total. The van der Waals surface area contributed by atoms with Crippen LogP contribution in [0, 0.1) is 12.7 Å². The molecule has 5 rings (SSSR count). The van der Waals surface area contributed by atoms with Gasteiger partial charge in [0.2, 0.25) is 0 Å². The summed E-state index contributed by atoms with van der Waals surface area (Å²) in [6.45, 7) is 2.11. The fourth-order valence-corrected chi connectivity index (χ4v) is 7.75. The summed E-state index contributed by atoms with van der Waals surface area (Å²) in [6.07, 6.45) is 4.27. The van der Waals surface area contributed by atoms with Crippen molar-refractivity contribution >= 4 is 48.8 Å². The zero-order valence-electron chi connectivity index (χ0n) is 23.1. The summed E-state index contributed by atoms with van der Waals surface area (Å²) in [7, 11) is -1.73. The lowest BCUT2D eigenvalue weighted by molar-refractivity contribution is 0.0610. The van der Waals surface area contributed by atoms with Crippen LogP contribution in [0.1, 0.15) is 46.5 Å². The van der Waals surface area contributed by atoms with Gasteiger partial charge in [0.1, 0.15) is 16.4 Å². The number of carbonyl (C=O) groups is 1. The number of thiophene rings is 1. The first-order valence-electron chi connectivity index (χ1n) is 13.4. The molecule has 1 amide bonds. The molecule has 0 bridgehead atoms. The first-order valence-corrected chi connectivity index (χ1v) is 16.5. The predicted molar refractivity (Wildman–Crippen MR) is 163 cm³/mol. The molecule has 1 aliphatic carbocycles. The van der Waals surface area contributed by atoms with Crippen molar-refractivity contribution in [1.29, 1.82) is 0 Å². The second-order valence-electron chi connectivity index (χ2n) is 10.6. The Morgan fingerprint density at radius 1 is 1.07 bits per heavy atom. The Morgan fingerprint density at radius 2 is 1.73 bits per heavy atom. The van der Waals surface area contributed by atoms with E-state index in [2.05, 4.69) is 0 Å². The smallest absolute Gasteiger partial charge is 0.266 e. The molecule has 0 atom stereocenters. The van der Waals surface area contributed by atoms with Crippen LogP contribution in [0.25, 0.3) is 21.2 Å². The van der Waals surface area contributed by atoms with Gasteiger partial charge in [-0.15, -0.1) is 11.3 Å². The fraction of sp³-hybridized carbons (Fsp3) is 0.323. The van der Waals surface area contributed by atoms with Crippen LogP contribution in [-0.4, -0.2) is 44.7 Å². The third kappa shape index (κ3) is 6.00. The maximum absolute atomic E-state index is 14.7. The Labute approximate surface area is 248 Å². The summed E-state index contributed by atoms with van der Waals surface area (Å²) in [6, 6.07) is 15.5. The molecule has 0 aliphatic heterocycles. The van der Waals surface area contributed by atoms with Crippen LogP contribution < -0.4 is 10.5 Å². The summed E-state index contributed by atoms with van der Waals surface area (Å²) in [5.41, 5.74) is 9.49. The summed E-state index contributed by atoms with van der Waals surface area (Å²) in [5, 5.41) is 0.846. The number of hydrogen-bond donors (Lipinski definition) is 1. The Balaban J connectivity index is 1.55. The molecule has 216 valence electrons. The van der Waals surface area contributed by atoms with Crippen molar-refractivity contribution in [2.24, 2.45) is 5.73 Å². The van der Waals surface area contributed by atoms with E-state index in [1.165, 1.54) is 12.3 Å². The number of carbonyl (C=O) groups excluding carboxylic acids is 1. The van der Waals surface area contributed by atoms with Crippen LogP contribution in [-0.2, 0) is 16.4 Å². The minimum absolute atomic E-state index is 0.0723. The molecular formula is C31H32ClFN2O4S2. The van der Waals surface area contributed by atoms with Crippen molar-refractivity contribution < 1.29 is 22.3 Å². The zero-order chi connectivity index (χ0) is 29.5. The van der Waals surface area contributed by atoms with Gasteiger partial charge in [0.15, 0.2) is 9.84 Å². The van der Waals surface area contributed by atoms with Crippen LogP contribution >= 0.6 is 22.9 Å². The van der Waals surface area contributed by atoms with Crippen LogP contribution in [0.4, 0.5) is 4.39 Å². The number of hydrogen-bond acceptors (Lipinski definition) is 6. The number of benzene rings is 3. The summed E-state index contributed by atoms with van der Waals surface area (Å²) in [5.74, 6) is -0.0282. The largest absolute Gasteiger partial charge is 0.496 e. The van der Waals surface area contributed by atoms with Gasteiger partial charge in [0.25, 0.3) is 5.91 Å². The highest BCUT2D eigenvalue weighted by Gasteiger charge is 2.32. The Hall–Kier alpha value is -2.98. The standard InChI is InChI=1S/C31H32ClFN2O4S2/c1-18-4-14-25(33)29-27(18)28(32)30(40-29)31(36)35(23-10-8-22(34)9-11-23)17-21-16-20(7-15-26(21)39-2)19-5-12-24(13-6-19)41(3,37)38/h4-7,12-16,22-23H,8-11,17,34H2,1-3H3. The number of nitrogens with two attached hydrogens (primary N) is 1. The second kappa shape index (κ2) is 11.7. The Kier molecular flexibility index (Phi) is 8.43. The number of aryl methyl sites for hydroxylation is 1. The van der Waals surface area contributed by atoms with Gasteiger partial charge in [-0.2, -0.15) is 0 Å². The number of halogens is 2. The number of methoxy groups -OCH3 is 1. The van der Waals surface area contributed by atoms with Crippen LogP contribution in [0.2, 0.25) is 5.02 Å². The maximum atomic E-state index is 14.7. The van der Waals surface area contributed by atoms with Crippen molar-refractivity contribution in [1.82, 2.24) is 4.90 Å². The minimum atomic E-state index is -3.31. The highest BCUT2D eigenvalue weighted by atomic mass is 35.5. The molecule has 0 spiro atoms. The Bertz CT molecular complexity index is 1710. The molecule has 1 heterocycles. The van der Waals surface area contributed by atoms with E-state index in [1.54, 1.807) is 37.4 Å². The molecule has 3 aromatic carbocycles. The fourth-order valence-electron chi connectivity index (χ4n) is 5.50. The van der Waals surface area contributed by atoms with E-state index in [1.807, 2.05) is 30.0 Å². The normalized spacial score (nSPS) is 17.5. The first-order chi connectivity index (χ1) is 19.5. The van der Waals surface area contributed by atoms with Gasteiger partial charge in [-0.25, -0.2) is 12.8 Å². The van der Waals surface area contributed by atoms with E-state index < -0.39 is 15.7 Å². The van der Waals surface area contributed by atoms with Crippen LogP contribution in [0.5, 0.6) is 5.75 Å². The van der Waals surface area contributed by atoms with Gasteiger partial charge in [0, 0.05) is 35.8 Å². The maximum Gasteiger partial charge on any atom is 0.266 e. The highest BCUT2D eigenvalue weighted by Crippen LogP contribution is 2.41. The molecule has 10 heteroatoms. The zero-order valence-corrected chi connectivity index (χ0v) is 25.5. The van der Waals surface area contributed by atoms with Gasteiger partial charge >= 0.3 is 0 Å². The lowest BCUT2D eigenvalue weighted by atomic mass is 9.90. The monoisotopic (exact) mass is 614 g/mol. The lowest BCUT2D eigenvalue weighted by Gasteiger charge is -2.36. The molecular weight excluding hydrogens is 583 g/mol. The number of ether oxygens (including phenoxy) is 1. The second-order valence-corrected chi connectivity index (χ2v) is 14.1. The number of rotatable bonds is 7. The van der Waals surface area contributed by atoms with Crippen molar-refractivity contribution in [3.8, 4) is 16.9 Å². The summed E-state index contributed by atoms with van der Waals surface area (Å²) in [4.78, 5) is 16.6. The quantitative estimate of drug-likeness (QED) is 0.242. The van der Waals surface area contributed by atoms with Gasteiger partial charge in [-0.1, -0.05) is 35.9 Å². The third-order valence-corrected chi connectivity index (χ3v) is 10.6. The van der Waals surface area contributed by atoms with Crippen LogP contribution in [0.3, 0.4) is 0 Å². The van der Waals surface area contributed by atoms with Gasteiger partial charge in [-0.05, 0) is 79.6 Å².